The number of hydrogen-bond acceptors (Lipinski definition) is 1. The van der Waals surface area contributed by atoms with E-state index in [9.17, 15) is 0 Å². The van der Waals surface area contributed by atoms with Crippen LogP contribution in [0.15, 0.2) is 140 Å². The molecule has 0 N–H and O–H groups in total. The van der Waals surface area contributed by atoms with Gasteiger partial charge in [-0.1, -0.05) is 133 Å². The molecular formula is C42H28S. The van der Waals surface area contributed by atoms with Crippen molar-refractivity contribution in [3.63, 3.8) is 0 Å². The second-order valence-electron chi connectivity index (χ2n) is 11.5. The fourth-order valence-electron chi connectivity index (χ4n) is 7.18. The molecule has 43 heavy (non-hydrogen) atoms. The lowest BCUT2D eigenvalue weighted by Gasteiger charge is -2.24. The van der Waals surface area contributed by atoms with Gasteiger partial charge in [0.15, 0.2) is 0 Å². The van der Waals surface area contributed by atoms with Gasteiger partial charge in [0.05, 0.1) is 0 Å². The van der Waals surface area contributed by atoms with Crippen LogP contribution in [0.5, 0.6) is 0 Å². The summed E-state index contributed by atoms with van der Waals surface area (Å²) >= 11 is 1.88. The molecule has 1 aromatic heterocycles. The first-order valence-corrected chi connectivity index (χ1v) is 15.9. The zero-order valence-electron chi connectivity index (χ0n) is 23.7. The highest BCUT2D eigenvalue weighted by molar-refractivity contribution is 7.25. The Balaban J connectivity index is 1.22. The minimum atomic E-state index is 1.05. The molecule has 0 amide bonds. The summed E-state index contributed by atoms with van der Waals surface area (Å²) in [7, 11) is 0. The lowest BCUT2D eigenvalue weighted by molar-refractivity contribution is 0.991. The SMILES string of the molecule is C1=Cc2c(c(-c3ccc(-c4ccc5c(c4)sc4ccccc45)cc3)c3ccccc3c2-c2cccc3ccccc23)CC1. The van der Waals surface area contributed by atoms with E-state index in [0.29, 0.717) is 0 Å². The molecule has 1 heteroatoms. The van der Waals surface area contributed by atoms with Crippen LogP contribution in [0.1, 0.15) is 17.5 Å². The third-order valence-electron chi connectivity index (χ3n) is 9.15. The Morgan fingerprint density at radius 2 is 1.12 bits per heavy atom. The highest BCUT2D eigenvalue weighted by Crippen LogP contribution is 2.46. The van der Waals surface area contributed by atoms with Crippen molar-refractivity contribution in [2.45, 2.75) is 12.8 Å². The quantitative estimate of drug-likeness (QED) is 0.200. The lowest BCUT2D eigenvalue weighted by atomic mass is 9.79. The van der Waals surface area contributed by atoms with Crippen molar-refractivity contribution >= 4 is 59.1 Å². The molecule has 0 spiro atoms. The molecule has 0 saturated carbocycles. The Bertz CT molecular complexity index is 2380. The maximum atomic E-state index is 2.38. The van der Waals surface area contributed by atoms with Crippen molar-refractivity contribution in [3.8, 4) is 33.4 Å². The first kappa shape index (κ1) is 24.6. The van der Waals surface area contributed by atoms with E-state index >= 15 is 0 Å². The first-order valence-electron chi connectivity index (χ1n) is 15.1. The second-order valence-corrected chi connectivity index (χ2v) is 12.6. The Hall–Kier alpha value is -4.98. The Labute approximate surface area is 255 Å². The van der Waals surface area contributed by atoms with Gasteiger partial charge in [-0.2, -0.15) is 0 Å². The zero-order chi connectivity index (χ0) is 28.3. The minimum absolute atomic E-state index is 1.05. The standard InChI is InChI=1S/C42H28S/c1-2-12-31-28(10-1)11-9-18-34(31)42-37-16-5-3-14-35(37)41(36-15-4-6-17-38(36)42)29-22-20-27(21-23-29)30-24-25-33-32-13-7-8-19-39(32)43-40(33)26-30/h1-3,5-14,16-26H,4,15H2. The molecule has 1 aliphatic carbocycles. The molecular weight excluding hydrogens is 537 g/mol. The first-order chi connectivity index (χ1) is 21.3. The highest BCUT2D eigenvalue weighted by Gasteiger charge is 2.22. The fraction of sp³-hybridized carbons (Fsp3) is 0.0476. The zero-order valence-corrected chi connectivity index (χ0v) is 24.5. The predicted molar refractivity (Wildman–Crippen MR) is 188 cm³/mol. The van der Waals surface area contributed by atoms with E-state index < -0.39 is 0 Å². The summed E-state index contributed by atoms with van der Waals surface area (Å²) in [6, 6.07) is 49.4. The van der Waals surface area contributed by atoms with Crippen LogP contribution in [0.4, 0.5) is 0 Å². The highest BCUT2D eigenvalue weighted by atomic mass is 32.1. The third-order valence-corrected chi connectivity index (χ3v) is 10.3. The van der Waals surface area contributed by atoms with Crippen molar-refractivity contribution in [2.24, 2.45) is 0 Å². The van der Waals surface area contributed by atoms with Crippen molar-refractivity contribution in [2.75, 3.05) is 0 Å². The third kappa shape index (κ3) is 3.89. The maximum absolute atomic E-state index is 2.38. The Morgan fingerprint density at radius 1 is 0.465 bits per heavy atom. The number of allylic oxidation sites excluding steroid dienone is 1. The van der Waals surface area contributed by atoms with Crippen LogP contribution < -0.4 is 0 Å². The van der Waals surface area contributed by atoms with E-state index in [-0.39, 0.29) is 0 Å². The van der Waals surface area contributed by atoms with E-state index in [1.165, 1.54) is 86.2 Å². The number of rotatable bonds is 3. The van der Waals surface area contributed by atoms with Crippen LogP contribution >= 0.6 is 11.3 Å². The summed E-state index contributed by atoms with van der Waals surface area (Å²) in [5.41, 5.74) is 10.7. The van der Waals surface area contributed by atoms with Crippen LogP contribution in [-0.2, 0) is 6.42 Å². The maximum Gasteiger partial charge on any atom is 0.0361 e. The van der Waals surface area contributed by atoms with E-state index in [2.05, 4.69) is 146 Å². The summed E-state index contributed by atoms with van der Waals surface area (Å²) < 4.78 is 2.70. The topological polar surface area (TPSA) is 0 Å². The van der Waals surface area contributed by atoms with Crippen molar-refractivity contribution < 1.29 is 0 Å². The molecule has 7 aromatic carbocycles. The van der Waals surface area contributed by atoms with Gasteiger partial charge >= 0.3 is 0 Å². The molecule has 0 saturated heterocycles. The minimum Gasteiger partial charge on any atom is -0.135 e. The summed E-state index contributed by atoms with van der Waals surface area (Å²) in [5.74, 6) is 0. The number of fused-ring (bicyclic) bond motifs is 6. The second kappa shape index (κ2) is 9.80. The van der Waals surface area contributed by atoms with Gasteiger partial charge in [-0.05, 0) is 91.0 Å². The molecule has 0 fully saturated rings. The smallest absolute Gasteiger partial charge is 0.0361 e. The Morgan fingerprint density at radius 3 is 1.98 bits per heavy atom. The molecule has 202 valence electrons. The lowest BCUT2D eigenvalue weighted by Crippen LogP contribution is -2.02. The summed E-state index contributed by atoms with van der Waals surface area (Å²) in [6.07, 6.45) is 6.85. The van der Waals surface area contributed by atoms with E-state index in [1.807, 2.05) is 11.3 Å². The van der Waals surface area contributed by atoms with Gasteiger partial charge in [-0.25, -0.2) is 0 Å². The molecule has 0 atom stereocenters. The monoisotopic (exact) mass is 564 g/mol. The van der Waals surface area contributed by atoms with Gasteiger partial charge in [0.25, 0.3) is 0 Å². The summed E-state index contributed by atoms with van der Waals surface area (Å²) in [6.45, 7) is 0. The molecule has 1 heterocycles. The van der Waals surface area contributed by atoms with Crippen LogP contribution in [0.25, 0.3) is 81.2 Å². The number of hydrogen-bond donors (Lipinski definition) is 0. The molecule has 0 radical (unpaired) electrons. The van der Waals surface area contributed by atoms with Gasteiger partial charge in [-0.3, -0.25) is 0 Å². The van der Waals surface area contributed by atoms with Crippen molar-refractivity contribution in [1.29, 1.82) is 0 Å². The Kier molecular flexibility index (Phi) is 5.61. The van der Waals surface area contributed by atoms with Gasteiger partial charge in [-0.15, -0.1) is 11.3 Å². The molecule has 0 unspecified atom stereocenters. The van der Waals surface area contributed by atoms with E-state index in [0.717, 1.165) is 12.8 Å². The van der Waals surface area contributed by atoms with Crippen molar-refractivity contribution in [1.82, 2.24) is 0 Å². The molecule has 0 aliphatic heterocycles. The molecule has 8 aromatic rings. The summed E-state index contributed by atoms with van der Waals surface area (Å²) in [5, 5.41) is 7.94. The normalized spacial score (nSPS) is 12.8. The van der Waals surface area contributed by atoms with Crippen LogP contribution in [0, 0.1) is 0 Å². The van der Waals surface area contributed by atoms with Crippen LogP contribution in [0.2, 0.25) is 0 Å². The van der Waals surface area contributed by atoms with Gasteiger partial charge in [0, 0.05) is 20.2 Å². The molecule has 0 bridgehead atoms. The number of thiophene rings is 1. The van der Waals surface area contributed by atoms with Crippen LogP contribution in [0.3, 0.4) is 0 Å². The largest absolute Gasteiger partial charge is 0.135 e. The van der Waals surface area contributed by atoms with E-state index in [1.54, 1.807) is 0 Å². The van der Waals surface area contributed by atoms with E-state index in [4.69, 9.17) is 0 Å². The summed E-state index contributed by atoms with van der Waals surface area (Å²) in [4.78, 5) is 0. The molecule has 9 rings (SSSR count). The average molecular weight is 565 g/mol. The average Bonchev–Trinajstić information content (AvgIpc) is 3.45. The van der Waals surface area contributed by atoms with Gasteiger partial charge < -0.3 is 0 Å². The predicted octanol–water partition coefficient (Wildman–Crippen LogP) is 12.3. The van der Waals surface area contributed by atoms with Crippen molar-refractivity contribution in [3.05, 3.63) is 151 Å². The van der Waals surface area contributed by atoms with Gasteiger partial charge in [0.2, 0.25) is 0 Å². The number of benzene rings is 7. The van der Waals surface area contributed by atoms with Crippen LogP contribution in [-0.4, -0.2) is 0 Å². The molecule has 1 aliphatic rings. The fourth-order valence-corrected chi connectivity index (χ4v) is 8.33. The molecule has 0 nitrogen and oxygen atoms in total. The van der Waals surface area contributed by atoms with Gasteiger partial charge in [0.1, 0.15) is 0 Å².